The Bertz CT molecular complexity index is 931. The Labute approximate surface area is 170 Å². The molecule has 0 saturated heterocycles. The number of carbonyl (C=O) groups is 3. The summed E-state index contributed by atoms with van der Waals surface area (Å²) >= 11 is 0. The Hall–Kier alpha value is -2.63. The molecule has 2 atom stereocenters. The number of ketones is 1. The highest BCUT2D eigenvalue weighted by Gasteiger charge is 2.65. The summed E-state index contributed by atoms with van der Waals surface area (Å²) in [7, 11) is 0. The van der Waals surface area contributed by atoms with Gasteiger partial charge in [-0.25, -0.2) is 0 Å². The molecule has 4 rings (SSSR count). The summed E-state index contributed by atoms with van der Waals surface area (Å²) in [6.45, 7) is 8.35. The number of Topliss-reactive ketones (excluding diaryl/α,β-unsaturated/α-hetero) is 1. The standard InChI is InChI=1S/C23H27NO5/c1-5-24-16-10-8-7-9-14(16)23(21(24)27)15(20(26)28-6-2)13-29-18-12-22(3,4)11-17(25)19(18)23/h7-10,15H,5-6,11-13H2,1-4H3/t15-,23+/m0/s1. The molecular formula is C23H27NO5. The molecule has 0 N–H and O–H groups in total. The van der Waals surface area contributed by atoms with Crippen molar-refractivity contribution in [2.24, 2.45) is 11.3 Å². The van der Waals surface area contributed by atoms with Crippen LogP contribution in [0.3, 0.4) is 0 Å². The molecule has 0 unspecified atom stereocenters. The molecule has 6 nitrogen and oxygen atoms in total. The van der Waals surface area contributed by atoms with Gasteiger partial charge in [-0.3, -0.25) is 14.4 Å². The van der Waals surface area contributed by atoms with Crippen molar-refractivity contribution in [2.45, 2.75) is 46.0 Å². The summed E-state index contributed by atoms with van der Waals surface area (Å²) in [5.41, 5.74) is 0.184. The van der Waals surface area contributed by atoms with Gasteiger partial charge in [-0.15, -0.1) is 0 Å². The van der Waals surface area contributed by atoms with E-state index in [-0.39, 0.29) is 30.3 Å². The first-order chi connectivity index (χ1) is 13.8. The Morgan fingerprint density at radius 2 is 1.93 bits per heavy atom. The Balaban J connectivity index is 2.03. The van der Waals surface area contributed by atoms with Crippen molar-refractivity contribution < 1.29 is 23.9 Å². The Kier molecular flexibility index (Phi) is 4.56. The summed E-state index contributed by atoms with van der Waals surface area (Å²) in [5, 5.41) is 0. The molecule has 154 valence electrons. The highest BCUT2D eigenvalue weighted by molar-refractivity contribution is 6.19. The van der Waals surface area contributed by atoms with Crippen LogP contribution in [0.1, 0.15) is 46.1 Å². The summed E-state index contributed by atoms with van der Waals surface area (Å²) < 4.78 is 11.3. The molecule has 0 bridgehead atoms. The molecule has 0 fully saturated rings. The summed E-state index contributed by atoms with van der Waals surface area (Å²) in [5.74, 6) is -1.20. The highest BCUT2D eigenvalue weighted by atomic mass is 16.5. The van der Waals surface area contributed by atoms with Crippen LogP contribution in [0.25, 0.3) is 0 Å². The number of hydrogen-bond acceptors (Lipinski definition) is 5. The third-order valence-electron chi connectivity index (χ3n) is 6.27. The minimum absolute atomic E-state index is 0.0264. The van der Waals surface area contributed by atoms with Crippen LogP contribution in [-0.4, -0.2) is 37.4 Å². The molecule has 6 heteroatoms. The lowest BCUT2D eigenvalue weighted by Gasteiger charge is -2.45. The summed E-state index contributed by atoms with van der Waals surface area (Å²) in [6, 6.07) is 7.45. The van der Waals surface area contributed by atoms with Crippen LogP contribution in [-0.2, 0) is 29.3 Å². The first-order valence-electron chi connectivity index (χ1n) is 10.3. The largest absolute Gasteiger partial charge is 0.496 e. The summed E-state index contributed by atoms with van der Waals surface area (Å²) in [4.78, 5) is 42.0. The van der Waals surface area contributed by atoms with Crippen LogP contribution in [0.5, 0.6) is 0 Å². The van der Waals surface area contributed by atoms with Crippen LogP contribution in [0, 0.1) is 11.3 Å². The first-order valence-corrected chi connectivity index (χ1v) is 10.3. The fourth-order valence-corrected chi connectivity index (χ4v) is 5.17. The normalized spacial score (nSPS) is 27.6. The number of allylic oxidation sites excluding steroid dienone is 1. The molecule has 0 saturated carbocycles. The minimum Gasteiger partial charge on any atom is -0.496 e. The molecule has 2 heterocycles. The van der Waals surface area contributed by atoms with E-state index in [2.05, 4.69) is 0 Å². The lowest BCUT2D eigenvalue weighted by molar-refractivity contribution is -0.156. The van der Waals surface area contributed by atoms with Gasteiger partial charge in [0.25, 0.3) is 0 Å². The van der Waals surface area contributed by atoms with Crippen molar-refractivity contribution in [2.75, 3.05) is 24.7 Å². The topological polar surface area (TPSA) is 72.9 Å². The van der Waals surface area contributed by atoms with Crippen molar-refractivity contribution in [1.29, 1.82) is 0 Å². The van der Waals surface area contributed by atoms with Gasteiger partial charge in [0.05, 0.1) is 12.2 Å². The smallest absolute Gasteiger partial charge is 0.314 e. The fraction of sp³-hybridized carbons (Fsp3) is 0.522. The van der Waals surface area contributed by atoms with Gasteiger partial charge in [0.2, 0.25) is 5.91 Å². The second kappa shape index (κ2) is 6.71. The zero-order valence-corrected chi connectivity index (χ0v) is 17.4. The third-order valence-corrected chi connectivity index (χ3v) is 6.27. The maximum absolute atomic E-state index is 13.9. The second-order valence-electron chi connectivity index (χ2n) is 8.73. The van der Waals surface area contributed by atoms with E-state index in [1.165, 1.54) is 0 Å². The quantitative estimate of drug-likeness (QED) is 0.733. The predicted molar refractivity (Wildman–Crippen MR) is 107 cm³/mol. The van der Waals surface area contributed by atoms with Crippen LogP contribution >= 0.6 is 0 Å². The Morgan fingerprint density at radius 1 is 1.21 bits per heavy atom. The van der Waals surface area contributed by atoms with Crippen LogP contribution in [0.2, 0.25) is 0 Å². The summed E-state index contributed by atoms with van der Waals surface area (Å²) in [6.07, 6.45) is 0.876. The molecule has 0 radical (unpaired) electrons. The molecule has 1 amide bonds. The van der Waals surface area contributed by atoms with Crippen molar-refractivity contribution >= 4 is 23.3 Å². The van der Waals surface area contributed by atoms with Crippen molar-refractivity contribution in [3.63, 3.8) is 0 Å². The van der Waals surface area contributed by atoms with E-state index in [1.54, 1.807) is 11.8 Å². The number of likely N-dealkylation sites (N-methyl/N-ethyl adjacent to an activating group) is 1. The van der Waals surface area contributed by atoms with Gasteiger partial charge in [-0.1, -0.05) is 32.0 Å². The van der Waals surface area contributed by atoms with Crippen molar-refractivity contribution in [3.8, 4) is 0 Å². The van der Waals surface area contributed by atoms with Gasteiger partial charge in [0.15, 0.2) is 5.78 Å². The number of nitrogens with zero attached hydrogens (tertiary/aromatic N) is 1. The second-order valence-corrected chi connectivity index (χ2v) is 8.73. The molecule has 1 aliphatic carbocycles. The van der Waals surface area contributed by atoms with E-state index in [0.29, 0.717) is 36.3 Å². The van der Waals surface area contributed by atoms with Gasteiger partial charge < -0.3 is 14.4 Å². The fourth-order valence-electron chi connectivity index (χ4n) is 5.17. The first kappa shape index (κ1) is 19.7. The lowest BCUT2D eigenvalue weighted by atomic mass is 9.59. The van der Waals surface area contributed by atoms with E-state index in [9.17, 15) is 14.4 Å². The number of esters is 1. The number of hydrogen-bond donors (Lipinski definition) is 0. The van der Waals surface area contributed by atoms with E-state index in [1.807, 2.05) is 45.0 Å². The average molecular weight is 397 g/mol. The SMILES string of the molecule is CCOC(=O)[C@@H]1COC2=C(C(=O)CC(C)(C)C2)[C@]12C(=O)N(CC)c1ccccc12. The molecule has 29 heavy (non-hydrogen) atoms. The zero-order chi connectivity index (χ0) is 21.0. The molecule has 0 aromatic heterocycles. The van der Waals surface area contributed by atoms with Crippen LogP contribution < -0.4 is 4.90 Å². The number of fused-ring (bicyclic) bond motifs is 3. The monoisotopic (exact) mass is 397 g/mol. The molecule has 1 aromatic carbocycles. The highest BCUT2D eigenvalue weighted by Crippen LogP contribution is 2.57. The number of benzene rings is 1. The zero-order valence-electron chi connectivity index (χ0n) is 17.4. The van der Waals surface area contributed by atoms with Gasteiger partial charge in [0, 0.05) is 25.1 Å². The van der Waals surface area contributed by atoms with E-state index < -0.39 is 17.3 Å². The van der Waals surface area contributed by atoms with Gasteiger partial charge in [-0.05, 0) is 30.9 Å². The van der Waals surface area contributed by atoms with Crippen molar-refractivity contribution in [1.82, 2.24) is 0 Å². The maximum Gasteiger partial charge on any atom is 0.314 e. The maximum atomic E-state index is 13.9. The molecule has 3 aliphatic rings. The van der Waals surface area contributed by atoms with Gasteiger partial charge >= 0.3 is 5.97 Å². The van der Waals surface area contributed by atoms with E-state index >= 15 is 0 Å². The molecule has 2 aliphatic heterocycles. The number of amides is 1. The van der Waals surface area contributed by atoms with Gasteiger partial charge in [-0.2, -0.15) is 0 Å². The van der Waals surface area contributed by atoms with Crippen LogP contribution in [0.4, 0.5) is 5.69 Å². The Morgan fingerprint density at radius 3 is 2.62 bits per heavy atom. The van der Waals surface area contributed by atoms with Gasteiger partial charge in [0.1, 0.15) is 23.7 Å². The minimum atomic E-state index is -1.37. The van der Waals surface area contributed by atoms with Crippen LogP contribution in [0.15, 0.2) is 35.6 Å². The number of anilines is 1. The van der Waals surface area contributed by atoms with E-state index in [4.69, 9.17) is 9.47 Å². The number of rotatable bonds is 3. The average Bonchev–Trinajstić information content (AvgIpc) is 2.90. The third kappa shape index (κ3) is 2.65. The lowest BCUT2D eigenvalue weighted by Crippen LogP contribution is -2.56. The predicted octanol–water partition coefficient (Wildman–Crippen LogP) is 3.14. The molecule has 1 aromatic rings. The molecular weight excluding hydrogens is 370 g/mol. The number of para-hydroxylation sites is 1. The molecule has 1 spiro atoms. The van der Waals surface area contributed by atoms with E-state index in [0.717, 1.165) is 5.69 Å². The number of carbonyl (C=O) groups excluding carboxylic acids is 3. The van der Waals surface area contributed by atoms with Crippen molar-refractivity contribution in [3.05, 3.63) is 41.2 Å². The number of ether oxygens (including phenoxy) is 2.